The summed E-state index contributed by atoms with van der Waals surface area (Å²) in [7, 11) is 0. The van der Waals surface area contributed by atoms with E-state index in [0.29, 0.717) is 17.2 Å². The Bertz CT molecular complexity index is 1140. The maximum atomic E-state index is 12.6. The third-order valence-corrected chi connectivity index (χ3v) is 5.42. The van der Waals surface area contributed by atoms with Gasteiger partial charge in [0.25, 0.3) is 5.91 Å². The predicted molar refractivity (Wildman–Crippen MR) is 120 cm³/mol. The summed E-state index contributed by atoms with van der Waals surface area (Å²) in [6.07, 6.45) is -0.739. The largest absolute Gasteiger partial charge is 0.454 e. The number of carbonyl (C=O) groups is 3. The minimum atomic E-state index is -1.03. The number of hydrogen-bond acceptors (Lipinski definition) is 7. The zero-order chi connectivity index (χ0) is 23.5. The van der Waals surface area contributed by atoms with Crippen molar-refractivity contribution in [2.24, 2.45) is 5.10 Å². The molecule has 0 spiro atoms. The van der Waals surface area contributed by atoms with Gasteiger partial charge < -0.3 is 19.5 Å². The SMILES string of the molecule is Cc1ccc(C)c(N2N=C(C(=O)O[C@@H](C)C(=O)NCc3ccc4c(c3)OCO4)CCC2=O)c1. The molecule has 9 nitrogen and oxygen atoms in total. The smallest absolute Gasteiger partial charge is 0.355 e. The molecule has 2 aromatic carbocycles. The molecule has 0 aliphatic carbocycles. The van der Waals surface area contributed by atoms with E-state index in [4.69, 9.17) is 14.2 Å². The fraction of sp³-hybridized carbons (Fsp3) is 0.333. The molecule has 2 aromatic rings. The van der Waals surface area contributed by atoms with Crippen LogP contribution in [-0.4, -0.2) is 36.4 Å². The molecular weight excluding hydrogens is 426 g/mol. The highest BCUT2D eigenvalue weighted by molar-refractivity contribution is 6.38. The van der Waals surface area contributed by atoms with Gasteiger partial charge in [0.2, 0.25) is 12.7 Å². The Morgan fingerprint density at radius 3 is 2.73 bits per heavy atom. The molecular formula is C24H25N3O6. The van der Waals surface area contributed by atoms with Crippen LogP contribution in [0.15, 0.2) is 41.5 Å². The first kappa shape index (κ1) is 22.3. The minimum Gasteiger partial charge on any atom is -0.454 e. The van der Waals surface area contributed by atoms with Gasteiger partial charge in [0.15, 0.2) is 17.6 Å². The summed E-state index contributed by atoms with van der Waals surface area (Å²) in [5.41, 5.74) is 3.39. The van der Waals surface area contributed by atoms with E-state index in [-0.39, 0.29) is 37.8 Å². The minimum absolute atomic E-state index is 0.103. The van der Waals surface area contributed by atoms with Gasteiger partial charge >= 0.3 is 5.97 Å². The molecule has 172 valence electrons. The second kappa shape index (κ2) is 9.32. The van der Waals surface area contributed by atoms with Crippen molar-refractivity contribution >= 4 is 29.2 Å². The zero-order valence-corrected chi connectivity index (χ0v) is 18.7. The van der Waals surface area contributed by atoms with E-state index < -0.39 is 18.0 Å². The van der Waals surface area contributed by atoms with E-state index in [2.05, 4.69) is 10.4 Å². The molecule has 1 atom stereocenters. The van der Waals surface area contributed by atoms with Gasteiger partial charge in [0, 0.05) is 19.4 Å². The summed E-state index contributed by atoms with van der Waals surface area (Å²) in [6.45, 7) is 5.70. The molecule has 2 amide bonds. The van der Waals surface area contributed by atoms with Crippen molar-refractivity contribution in [3.63, 3.8) is 0 Å². The molecule has 9 heteroatoms. The van der Waals surface area contributed by atoms with Crippen molar-refractivity contribution in [1.29, 1.82) is 0 Å². The topological polar surface area (TPSA) is 107 Å². The number of fused-ring (bicyclic) bond motifs is 1. The van der Waals surface area contributed by atoms with Gasteiger partial charge in [-0.05, 0) is 55.7 Å². The number of amides is 2. The Labute approximate surface area is 191 Å². The maximum Gasteiger partial charge on any atom is 0.355 e. The van der Waals surface area contributed by atoms with E-state index in [1.54, 1.807) is 12.1 Å². The number of nitrogens with zero attached hydrogens (tertiary/aromatic N) is 2. The van der Waals surface area contributed by atoms with Gasteiger partial charge in [0.05, 0.1) is 5.69 Å². The Morgan fingerprint density at radius 2 is 1.91 bits per heavy atom. The summed E-state index contributed by atoms with van der Waals surface area (Å²) in [5.74, 6) is -0.0771. The van der Waals surface area contributed by atoms with Crippen molar-refractivity contribution in [2.75, 3.05) is 11.8 Å². The van der Waals surface area contributed by atoms with Gasteiger partial charge in [-0.3, -0.25) is 9.59 Å². The van der Waals surface area contributed by atoms with Crippen molar-refractivity contribution in [3.05, 3.63) is 53.1 Å². The van der Waals surface area contributed by atoms with E-state index in [0.717, 1.165) is 16.7 Å². The summed E-state index contributed by atoms with van der Waals surface area (Å²) >= 11 is 0. The second-order valence-corrected chi connectivity index (χ2v) is 8.00. The van der Waals surface area contributed by atoms with Crippen molar-refractivity contribution < 1.29 is 28.6 Å². The quantitative estimate of drug-likeness (QED) is 0.677. The number of esters is 1. The fourth-order valence-electron chi connectivity index (χ4n) is 3.50. The molecule has 0 saturated heterocycles. The summed E-state index contributed by atoms with van der Waals surface area (Å²) < 4.78 is 15.9. The van der Waals surface area contributed by atoms with Crippen molar-refractivity contribution in [2.45, 2.75) is 46.3 Å². The normalized spacial score (nSPS) is 15.7. The van der Waals surface area contributed by atoms with Gasteiger partial charge in [-0.15, -0.1) is 0 Å². The number of hydrazone groups is 1. The maximum absolute atomic E-state index is 12.6. The third-order valence-electron chi connectivity index (χ3n) is 5.42. The molecule has 2 aliphatic heterocycles. The van der Waals surface area contributed by atoms with E-state index in [1.807, 2.05) is 38.1 Å². The first-order chi connectivity index (χ1) is 15.8. The average Bonchev–Trinajstić information content (AvgIpc) is 3.27. The number of rotatable bonds is 6. The van der Waals surface area contributed by atoms with Crippen LogP contribution in [0.4, 0.5) is 5.69 Å². The lowest BCUT2D eigenvalue weighted by Gasteiger charge is -2.25. The Kier molecular flexibility index (Phi) is 6.30. The summed E-state index contributed by atoms with van der Waals surface area (Å²) in [5, 5.41) is 8.22. The summed E-state index contributed by atoms with van der Waals surface area (Å²) in [4.78, 5) is 37.5. The van der Waals surface area contributed by atoms with Crippen LogP contribution in [0.2, 0.25) is 0 Å². The number of hydrogen-bond donors (Lipinski definition) is 1. The third kappa shape index (κ3) is 4.97. The predicted octanol–water partition coefficient (Wildman–Crippen LogP) is 2.76. The van der Waals surface area contributed by atoms with Gasteiger partial charge in [0.1, 0.15) is 5.71 Å². The Balaban J connectivity index is 1.37. The van der Waals surface area contributed by atoms with Crippen molar-refractivity contribution in [3.8, 4) is 11.5 Å². The molecule has 2 heterocycles. The summed E-state index contributed by atoms with van der Waals surface area (Å²) in [6, 6.07) is 11.1. The van der Waals surface area contributed by atoms with Crippen LogP contribution in [0.5, 0.6) is 11.5 Å². The molecule has 1 N–H and O–H groups in total. The number of aryl methyl sites for hydroxylation is 2. The average molecular weight is 451 g/mol. The standard InChI is InChI=1S/C24H25N3O6/c1-14-4-5-15(2)19(10-14)27-22(28)9-7-18(26-27)24(30)33-16(3)23(29)25-12-17-6-8-20-21(11-17)32-13-31-20/h4-6,8,10-11,16H,7,9,12-13H2,1-3H3,(H,25,29)/t16-/m0/s1. The molecule has 0 fully saturated rings. The Morgan fingerprint density at radius 1 is 1.12 bits per heavy atom. The number of ether oxygens (including phenoxy) is 3. The van der Waals surface area contributed by atoms with E-state index in [1.165, 1.54) is 11.9 Å². The fourth-order valence-corrected chi connectivity index (χ4v) is 3.50. The first-order valence-electron chi connectivity index (χ1n) is 10.7. The van der Waals surface area contributed by atoms with Crippen LogP contribution in [0.1, 0.15) is 36.5 Å². The molecule has 0 saturated carbocycles. The highest BCUT2D eigenvalue weighted by Gasteiger charge is 2.29. The molecule has 0 bridgehead atoms. The molecule has 4 rings (SSSR count). The van der Waals surface area contributed by atoms with E-state index in [9.17, 15) is 14.4 Å². The molecule has 0 unspecified atom stereocenters. The molecule has 33 heavy (non-hydrogen) atoms. The first-order valence-corrected chi connectivity index (χ1v) is 10.7. The van der Waals surface area contributed by atoms with Gasteiger partial charge in [-0.1, -0.05) is 18.2 Å². The van der Waals surface area contributed by atoms with Crippen LogP contribution in [0.3, 0.4) is 0 Å². The molecule has 0 aromatic heterocycles. The number of carbonyl (C=O) groups excluding carboxylic acids is 3. The number of anilines is 1. The lowest BCUT2D eigenvalue weighted by atomic mass is 10.1. The van der Waals surface area contributed by atoms with Gasteiger partial charge in [-0.2, -0.15) is 10.1 Å². The van der Waals surface area contributed by atoms with Crippen LogP contribution in [0, 0.1) is 13.8 Å². The van der Waals surface area contributed by atoms with Crippen molar-refractivity contribution in [1.82, 2.24) is 5.32 Å². The second-order valence-electron chi connectivity index (χ2n) is 8.00. The van der Waals surface area contributed by atoms with Gasteiger partial charge in [-0.25, -0.2) is 4.79 Å². The lowest BCUT2D eigenvalue weighted by Crippen LogP contribution is -2.39. The highest BCUT2D eigenvalue weighted by atomic mass is 16.7. The number of nitrogens with one attached hydrogen (secondary N) is 1. The molecule has 0 radical (unpaired) electrons. The van der Waals surface area contributed by atoms with E-state index >= 15 is 0 Å². The Hall–Kier alpha value is -3.88. The van der Waals surface area contributed by atoms with Crippen LogP contribution >= 0.6 is 0 Å². The zero-order valence-electron chi connectivity index (χ0n) is 18.7. The lowest BCUT2D eigenvalue weighted by molar-refractivity contribution is -0.148. The number of benzene rings is 2. The molecule has 2 aliphatic rings. The highest BCUT2D eigenvalue weighted by Crippen LogP contribution is 2.32. The van der Waals surface area contributed by atoms with Crippen LogP contribution in [0.25, 0.3) is 0 Å². The van der Waals surface area contributed by atoms with Crippen LogP contribution < -0.4 is 19.8 Å². The monoisotopic (exact) mass is 451 g/mol. The van der Waals surface area contributed by atoms with Crippen LogP contribution in [-0.2, 0) is 25.7 Å².